The van der Waals surface area contributed by atoms with Gasteiger partial charge in [0.05, 0.1) is 24.5 Å². The van der Waals surface area contributed by atoms with E-state index in [1.807, 2.05) is 50.4 Å². The third-order valence-corrected chi connectivity index (χ3v) is 15.4. The molecular formula is C83H88F5N16O8Pd-. The van der Waals surface area contributed by atoms with Gasteiger partial charge >= 0.3 is 5.97 Å². The number of rotatable bonds is 20. The largest absolute Gasteiger partial charge is 0.358 e. The van der Waals surface area contributed by atoms with Crippen molar-refractivity contribution in [1.29, 1.82) is 0 Å². The van der Waals surface area contributed by atoms with E-state index in [0.29, 0.717) is 46.8 Å². The number of benzene rings is 5. The van der Waals surface area contributed by atoms with E-state index in [2.05, 4.69) is 71.8 Å². The molecule has 1 aliphatic rings. The number of likely N-dealkylation sites (N-methyl/N-ethyl adjacent to an activating group) is 2. The van der Waals surface area contributed by atoms with Gasteiger partial charge < -0.3 is 45.8 Å². The van der Waals surface area contributed by atoms with E-state index < -0.39 is 29.5 Å². The Morgan fingerprint density at radius 3 is 1.23 bits per heavy atom. The van der Waals surface area contributed by atoms with Crippen molar-refractivity contribution in [1.82, 2.24) is 72.5 Å². The van der Waals surface area contributed by atoms with Crippen molar-refractivity contribution in [3.05, 3.63) is 325 Å². The van der Waals surface area contributed by atoms with Crippen LogP contribution in [0.3, 0.4) is 0 Å². The zero-order chi connectivity index (χ0) is 79.7. The first kappa shape index (κ1) is 94.8. The number of nitrogens with two attached hydrogens (primary N) is 2. The molecule has 1 aliphatic heterocycles. The number of amides is 2. The van der Waals surface area contributed by atoms with Crippen LogP contribution in [0.25, 0.3) is 44.8 Å². The fourth-order valence-corrected chi connectivity index (χ4v) is 10.1. The molecule has 2 amide bonds. The number of H-pyrrole nitrogens is 2. The molecule has 30 heteroatoms. The van der Waals surface area contributed by atoms with Gasteiger partial charge in [0, 0.05) is 154 Å². The monoisotopic (exact) mass is 1640 g/mol. The van der Waals surface area contributed by atoms with Crippen LogP contribution >= 0.6 is 0 Å². The molecule has 1 fully saturated rings. The second kappa shape index (κ2) is 51.2. The first-order valence-corrected chi connectivity index (χ1v) is 34.0. The van der Waals surface area contributed by atoms with Crippen molar-refractivity contribution in [3.63, 3.8) is 0 Å². The Bertz CT molecular complexity index is 4810. The van der Waals surface area contributed by atoms with E-state index >= 15 is 0 Å². The van der Waals surface area contributed by atoms with Crippen LogP contribution in [0.2, 0.25) is 0 Å². The smallest absolute Gasteiger partial charge is 0.346 e. The summed E-state index contributed by atoms with van der Waals surface area (Å²) in [5, 5.41) is 23.7. The Morgan fingerprint density at radius 1 is 0.487 bits per heavy atom. The predicted octanol–water partition coefficient (Wildman–Crippen LogP) is 12.8. The number of hydroxylamine groups is 2. The number of carbonyl (C=O) groups excluding carboxylic acids is 7. The molecule has 594 valence electrons. The van der Waals surface area contributed by atoms with Gasteiger partial charge in [-0.15, -0.1) is 5.06 Å². The van der Waals surface area contributed by atoms with E-state index in [1.165, 1.54) is 129 Å². The molecule has 1 atom stereocenters. The van der Waals surface area contributed by atoms with Crippen molar-refractivity contribution in [2.75, 3.05) is 41.3 Å². The summed E-state index contributed by atoms with van der Waals surface area (Å²) in [7, 11) is 6.59. The summed E-state index contributed by atoms with van der Waals surface area (Å²) >= 11 is 0. The number of aromatic nitrogens is 9. The van der Waals surface area contributed by atoms with Crippen molar-refractivity contribution in [2.45, 2.75) is 52.1 Å². The molecule has 24 nitrogen and oxygen atoms in total. The molecule has 0 aliphatic carbocycles. The molecule has 0 bridgehead atoms. The zero-order valence-corrected chi connectivity index (χ0v) is 64.6. The summed E-state index contributed by atoms with van der Waals surface area (Å²) in [5.74, 6) is -4.73. The van der Waals surface area contributed by atoms with Crippen molar-refractivity contribution < 1.29 is 80.8 Å². The van der Waals surface area contributed by atoms with Gasteiger partial charge in [-0.2, -0.15) is 10.2 Å². The standard InChI is InChI=1S/C16H15FN4.C16H15FN2O2.C15H13FN4.C13H10FNO.C8H7FO.C7H10N2O4.C6H7N.CH5N.CH3.H3N.Pd/c1-18-10-14-15(11-6-8-19-9-7-11)16(21-20-14)12-2-4-13(17)5-3-12;1-18-10-14(20)15(11-6-8-19-9-7-11)16(21)12-2-4-13(17)5-3-12;16-12-3-1-11(2-4-12)15-14(13(9-17)19-20-15)10-5-7-18-8-6-10;14-12-3-1-11(2-4-12)13(16)9-10-5-7-15-8-6-10;1-6(10)7-2-4-8(9)5-3-7;1-8-4-7(12)13-9-5(10)2-3-6(9)11;1-6-2-4-7-5-3-6;1-2;;;/h2-9,18H,10H2,1H3,(H,20,21);2-9,15,18H,10H2,1H3;1-8H,9,17H2,(H,19,20);1-8H,9H2;2-5H,1H3;8H,2-4H2,1H3;2-5H,1H3;2H2,1H3;2*1H3;/q;;;;;;;;-1;;. The van der Waals surface area contributed by atoms with Crippen LogP contribution in [-0.4, -0.2) is 133 Å². The zero-order valence-electron chi connectivity index (χ0n) is 63.0. The molecule has 5 aromatic carbocycles. The number of halogens is 5. The Kier molecular flexibility index (Phi) is 42.9. The first-order valence-electron chi connectivity index (χ1n) is 34.0. The van der Waals surface area contributed by atoms with Crippen LogP contribution < -0.4 is 33.6 Å². The summed E-state index contributed by atoms with van der Waals surface area (Å²) in [4.78, 5) is 104. The SMILES string of the molecule is CC(=O)c1ccc(F)cc1.CN.CNCC(=O)C(C(=O)c1ccc(F)cc1)c1ccncc1.CNCC(=O)ON1C(=O)CCC1=O.CNCc1[nH]nc(-c2ccc(F)cc2)c1-c1ccncc1.Cc1ccncc1.N.NCc1[nH]nc(-c2ccc(F)cc2)c1-c1ccncc1.O=C(Cc1ccncc1)c1ccc(F)cc1.[CH3-].[Pd]. The summed E-state index contributed by atoms with van der Waals surface area (Å²) in [5.41, 5.74) is 23.5. The van der Waals surface area contributed by atoms with Crippen LogP contribution in [0.5, 0.6) is 0 Å². The number of imide groups is 1. The maximum atomic E-state index is 13.1. The van der Waals surface area contributed by atoms with Gasteiger partial charge in [-0.3, -0.25) is 63.9 Å². The number of hydrogen-bond acceptors (Lipinski definition) is 21. The summed E-state index contributed by atoms with van der Waals surface area (Å²) < 4.78 is 64.0. The van der Waals surface area contributed by atoms with Crippen LogP contribution in [0.1, 0.15) is 84.8 Å². The maximum Gasteiger partial charge on any atom is 0.346 e. The molecule has 1 saturated heterocycles. The minimum Gasteiger partial charge on any atom is -0.358 e. The second-order valence-electron chi connectivity index (χ2n) is 23.3. The topological polar surface area (TPSA) is 377 Å². The number of Topliss-reactive ketones (excluding diaryl/α,β-unsaturated/α-hetero) is 4. The van der Waals surface area contributed by atoms with Crippen molar-refractivity contribution in [3.8, 4) is 44.8 Å². The third-order valence-electron chi connectivity index (χ3n) is 15.4. The van der Waals surface area contributed by atoms with Crippen molar-refractivity contribution >= 4 is 40.9 Å². The molecule has 12 aromatic rings. The average molecular weight is 1640 g/mol. The van der Waals surface area contributed by atoms with Crippen molar-refractivity contribution in [2.24, 2.45) is 11.5 Å². The average Bonchev–Trinajstić information content (AvgIpc) is 1.68. The number of hydrogen-bond donors (Lipinski definition) is 8. The predicted molar refractivity (Wildman–Crippen MR) is 418 cm³/mol. The van der Waals surface area contributed by atoms with Gasteiger partial charge in [0.15, 0.2) is 23.1 Å². The minimum atomic E-state index is -0.911. The second-order valence-corrected chi connectivity index (χ2v) is 23.3. The molecule has 13 rings (SSSR count). The van der Waals surface area contributed by atoms with Crippen LogP contribution in [0.4, 0.5) is 22.0 Å². The third kappa shape index (κ3) is 30.8. The molecule has 0 radical (unpaired) electrons. The molecule has 0 spiro atoms. The van der Waals surface area contributed by atoms with Crippen LogP contribution in [0.15, 0.2) is 244 Å². The number of aromatic amines is 2. The molecule has 113 heavy (non-hydrogen) atoms. The van der Waals surface area contributed by atoms with Gasteiger partial charge in [-0.1, -0.05) is 0 Å². The first-order chi connectivity index (χ1) is 53.2. The maximum absolute atomic E-state index is 13.1. The van der Waals surface area contributed by atoms with Gasteiger partial charge in [-0.25, -0.2) is 26.7 Å². The Labute approximate surface area is 665 Å². The normalized spacial score (nSPS) is 10.9. The van der Waals surface area contributed by atoms with Gasteiger partial charge in [-0.05, 0) is 252 Å². The van der Waals surface area contributed by atoms with E-state index in [9.17, 15) is 55.5 Å². The summed E-state index contributed by atoms with van der Waals surface area (Å²) in [6, 6.07) is 47.4. The van der Waals surface area contributed by atoms with E-state index in [4.69, 9.17) is 5.73 Å². The number of aryl methyl sites for hydroxylation is 1. The number of carbonyl (C=O) groups is 7. The molecule has 0 saturated carbocycles. The Morgan fingerprint density at radius 2 is 0.850 bits per heavy atom. The summed E-state index contributed by atoms with van der Waals surface area (Å²) in [6.07, 6.45) is 17.4. The van der Waals surface area contributed by atoms with Gasteiger partial charge in [0.2, 0.25) is 0 Å². The van der Waals surface area contributed by atoms with Crippen LogP contribution in [0, 0.1) is 43.4 Å². The van der Waals surface area contributed by atoms with Crippen LogP contribution in [-0.2, 0) is 63.9 Å². The fraction of sp³-hybridized carbons (Fsp3) is 0.169. The quantitative estimate of drug-likeness (QED) is 0.00877. The number of ketones is 4. The molecule has 8 heterocycles. The molecule has 12 N–H and O–H groups in total. The molecule has 7 aromatic heterocycles. The number of nitrogens with one attached hydrogen (secondary N) is 5. The molecule has 1 unspecified atom stereocenters. The van der Waals surface area contributed by atoms with E-state index in [-0.39, 0.29) is 106 Å². The van der Waals surface area contributed by atoms with E-state index in [1.54, 1.807) is 112 Å². The van der Waals surface area contributed by atoms with E-state index in [0.717, 1.165) is 61.7 Å². The Hall–Kier alpha value is -12.4. The molecular weight excluding hydrogens is 1550 g/mol. The Balaban J connectivity index is 0.000000346. The van der Waals surface area contributed by atoms with Gasteiger partial charge in [0.1, 0.15) is 46.4 Å². The van der Waals surface area contributed by atoms with Gasteiger partial charge in [0.25, 0.3) is 11.8 Å². The number of pyridine rings is 5. The minimum absolute atomic E-state index is 0. The number of nitrogens with zero attached hydrogens (tertiary/aromatic N) is 8. The summed E-state index contributed by atoms with van der Waals surface area (Å²) in [6.45, 7) is 4.57. The fourth-order valence-electron chi connectivity index (χ4n) is 10.1.